The van der Waals surface area contributed by atoms with E-state index >= 15 is 0 Å². The number of urea groups is 1. The molecule has 0 aromatic heterocycles. The summed E-state index contributed by atoms with van der Waals surface area (Å²) >= 11 is 3.44. The van der Waals surface area contributed by atoms with Crippen molar-refractivity contribution in [2.45, 2.75) is 19.3 Å². The fourth-order valence-electron chi connectivity index (χ4n) is 1.66. The van der Waals surface area contributed by atoms with Gasteiger partial charge in [0.05, 0.1) is 7.11 Å². The van der Waals surface area contributed by atoms with Crippen LogP contribution in [0.25, 0.3) is 0 Å². The summed E-state index contributed by atoms with van der Waals surface area (Å²) < 4.78 is 6.31. The van der Waals surface area contributed by atoms with Crippen molar-refractivity contribution in [2.24, 2.45) is 5.84 Å². The first kappa shape index (κ1) is 14.8. The van der Waals surface area contributed by atoms with E-state index < -0.39 is 6.03 Å². The van der Waals surface area contributed by atoms with E-state index in [4.69, 9.17) is 10.6 Å². The Morgan fingerprint density at radius 1 is 1.50 bits per heavy atom. The topological polar surface area (TPSA) is 76.4 Å². The van der Waals surface area contributed by atoms with Gasteiger partial charge in [-0.3, -0.25) is 5.43 Å². The zero-order valence-corrected chi connectivity index (χ0v) is 12.3. The molecule has 0 saturated heterocycles. The van der Waals surface area contributed by atoms with Gasteiger partial charge in [0.2, 0.25) is 0 Å². The molecule has 100 valence electrons. The van der Waals surface area contributed by atoms with Crippen LogP contribution in [0.15, 0.2) is 22.7 Å². The standard InChI is InChI=1S/C12H18BrN3O2/c1-12(2,7-15-11(17)16-14)9-6-8(13)4-5-10(9)18-3/h4-6H,7,14H2,1-3H3,(H2,15,16,17). The molecule has 0 radical (unpaired) electrons. The number of rotatable bonds is 4. The summed E-state index contributed by atoms with van der Waals surface area (Å²) in [6.45, 7) is 4.49. The normalized spacial score (nSPS) is 10.9. The highest BCUT2D eigenvalue weighted by Crippen LogP contribution is 2.33. The molecule has 18 heavy (non-hydrogen) atoms. The SMILES string of the molecule is COc1ccc(Br)cc1C(C)(C)CNC(=O)NN. The van der Waals surface area contributed by atoms with Crippen LogP contribution in [0.1, 0.15) is 19.4 Å². The number of nitrogens with two attached hydrogens (primary N) is 1. The molecule has 2 amide bonds. The monoisotopic (exact) mass is 315 g/mol. The van der Waals surface area contributed by atoms with Gasteiger partial charge in [-0.05, 0) is 18.2 Å². The highest BCUT2D eigenvalue weighted by molar-refractivity contribution is 9.10. The fraction of sp³-hybridized carbons (Fsp3) is 0.417. The third-order valence-electron chi connectivity index (χ3n) is 2.71. The maximum absolute atomic E-state index is 11.1. The van der Waals surface area contributed by atoms with E-state index in [0.717, 1.165) is 15.8 Å². The number of ether oxygens (including phenoxy) is 1. The van der Waals surface area contributed by atoms with Crippen LogP contribution in [0.5, 0.6) is 5.75 Å². The number of amides is 2. The summed E-state index contributed by atoms with van der Waals surface area (Å²) in [5, 5.41) is 2.70. The minimum Gasteiger partial charge on any atom is -0.496 e. The summed E-state index contributed by atoms with van der Waals surface area (Å²) in [4.78, 5) is 11.1. The van der Waals surface area contributed by atoms with Crippen LogP contribution in [0.4, 0.5) is 4.79 Å². The van der Waals surface area contributed by atoms with Crippen LogP contribution in [0.2, 0.25) is 0 Å². The molecule has 5 nitrogen and oxygen atoms in total. The number of benzene rings is 1. The number of hydrogen-bond donors (Lipinski definition) is 3. The highest BCUT2D eigenvalue weighted by Gasteiger charge is 2.25. The van der Waals surface area contributed by atoms with Crippen molar-refractivity contribution >= 4 is 22.0 Å². The van der Waals surface area contributed by atoms with Crippen LogP contribution in [0, 0.1) is 0 Å². The molecule has 0 heterocycles. The number of hydrogen-bond acceptors (Lipinski definition) is 3. The Morgan fingerprint density at radius 3 is 2.72 bits per heavy atom. The molecule has 1 rings (SSSR count). The highest BCUT2D eigenvalue weighted by atomic mass is 79.9. The van der Waals surface area contributed by atoms with Gasteiger partial charge in [0, 0.05) is 22.0 Å². The molecule has 6 heteroatoms. The fourth-order valence-corrected chi connectivity index (χ4v) is 2.02. The zero-order valence-electron chi connectivity index (χ0n) is 10.7. The lowest BCUT2D eigenvalue weighted by Crippen LogP contribution is -2.44. The van der Waals surface area contributed by atoms with Gasteiger partial charge in [0.1, 0.15) is 5.75 Å². The quantitative estimate of drug-likeness (QED) is 0.451. The molecule has 4 N–H and O–H groups in total. The Kier molecular flexibility index (Phi) is 4.98. The van der Waals surface area contributed by atoms with Crippen LogP contribution in [0.3, 0.4) is 0 Å². The molecule has 0 aliphatic heterocycles. The van der Waals surface area contributed by atoms with Gasteiger partial charge in [-0.2, -0.15) is 0 Å². The van der Waals surface area contributed by atoms with Crippen molar-refractivity contribution in [2.75, 3.05) is 13.7 Å². The van der Waals surface area contributed by atoms with Crippen LogP contribution < -0.4 is 21.3 Å². The minimum absolute atomic E-state index is 0.276. The van der Waals surface area contributed by atoms with E-state index in [9.17, 15) is 4.79 Å². The lowest BCUT2D eigenvalue weighted by molar-refractivity contribution is 0.238. The number of methoxy groups -OCH3 is 1. The van der Waals surface area contributed by atoms with Crippen LogP contribution >= 0.6 is 15.9 Å². The molecule has 0 atom stereocenters. The molecule has 0 aliphatic carbocycles. The first-order valence-corrected chi connectivity index (χ1v) is 6.28. The summed E-state index contributed by atoms with van der Waals surface area (Å²) in [5.74, 6) is 5.82. The Hall–Kier alpha value is -1.27. The Bertz CT molecular complexity index is 435. The van der Waals surface area contributed by atoms with Gasteiger partial charge in [-0.25, -0.2) is 10.6 Å². The third kappa shape index (κ3) is 3.61. The molecular weight excluding hydrogens is 298 g/mol. The lowest BCUT2D eigenvalue weighted by atomic mass is 9.84. The van der Waals surface area contributed by atoms with Crippen LogP contribution in [-0.4, -0.2) is 19.7 Å². The van der Waals surface area contributed by atoms with Gasteiger partial charge in [-0.15, -0.1) is 0 Å². The number of hydrazine groups is 1. The van der Waals surface area contributed by atoms with Gasteiger partial charge < -0.3 is 10.1 Å². The predicted molar refractivity (Wildman–Crippen MR) is 74.4 cm³/mol. The van der Waals surface area contributed by atoms with Crippen molar-refractivity contribution in [3.8, 4) is 5.75 Å². The van der Waals surface area contributed by atoms with Crippen molar-refractivity contribution in [3.05, 3.63) is 28.2 Å². The van der Waals surface area contributed by atoms with Crippen molar-refractivity contribution < 1.29 is 9.53 Å². The molecule has 0 fully saturated rings. The smallest absolute Gasteiger partial charge is 0.328 e. The third-order valence-corrected chi connectivity index (χ3v) is 3.21. The molecule has 1 aromatic rings. The van der Waals surface area contributed by atoms with E-state index in [1.54, 1.807) is 7.11 Å². The zero-order chi connectivity index (χ0) is 13.8. The molecule has 0 saturated carbocycles. The average molecular weight is 316 g/mol. The van der Waals surface area contributed by atoms with E-state index in [0.29, 0.717) is 6.54 Å². The van der Waals surface area contributed by atoms with E-state index in [1.165, 1.54) is 0 Å². The van der Waals surface area contributed by atoms with Gasteiger partial charge in [0.25, 0.3) is 0 Å². The number of carbonyl (C=O) groups excluding carboxylic acids is 1. The number of halogens is 1. The van der Waals surface area contributed by atoms with Gasteiger partial charge >= 0.3 is 6.03 Å². The summed E-state index contributed by atoms with van der Waals surface area (Å²) in [5.41, 5.74) is 2.77. The molecular formula is C12H18BrN3O2. The molecule has 0 unspecified atom stereocenters. The Labute approximate surface area is 115 Å². The van der Waals surface area contributed by atoms with Crippen molar-refractivity contribution in [1.82, 2.24) is 10.7 Å². The first-order chi connectivity index (χ1) is 8.40. The second-order valence-corrected chi connectivity index (χ2v) is 5.47. The molecule has 0 spiro atoms. The van der Waals surface area contributed by atoms with Crippen molar-refractivity contribution in [3.63, 3.8) is 0 Å². The molecule has 1 aromatic carbocycles. The number of nitrogens with one attached hydrogen (secondary N) is 2. The summed E-state index contributed by atoms with van der Waals surface area (Å²) in [7, 11) is 1.63. The van der Waals surface area contributed by atoms with Crippen LogP contribution in [-0.2, 0) is 5.41 Å². The predicted octanol–water partition coefficient (Wildman–Crippen LogP) is 1.91. The second-order valence-electron chi connectivity index (χ2n) is 4.56. The maximum atomic E-state index is 11.1. The maximum Gasteiger partial charge on any atom is 0.328 e. The Balaban J connectivity index is 2.95. The van der Waals surface area contributed by atoms with Gasteiger partial charge in [-0.1, -0.05) is 29.8 Å². The average Bonchev–Trinajstić information content (AvgIpc) is 2.36. The Morgan fingerprint density at radius 2 is 2.17 bits per heavy atom. The largest absolute Gasteiger partial charge is 0.496 e. The molecule has 0 bridgehead atoms. The molecule has 0 aliphatic rings. The number of carbonyl (C=O) groups is 1. The van der Waals surface area contributed by atoms with Crippen molar-refractivity contribution in [1.29, 1.82) is 0 Å². The van der Waals surface area contributed by atoms with Gasteiger partial charge in [0.15, 0.2) is 0 Å². The summed E-state index contributed by atoms with van der Waals surface area (Å²) in [6, 6.07) is 5.39. The van der Waals surface area contributed by atoms with E-state index in [-0.39, 0.29) is 5.41 Å². The minimum atomic E-state index is -0.406. The lowest BCUT2D eigenvalue weighted by Gasteiger charge is -2.27. The first-order valence-electron chi connectivity index (χ1n) is 5.49. The van der Waals surface area contributed by atoms with E-state index in [1.807, 2.05) is 37.5 Å². The second kappa shape index (κ2) is 6.06. The van der Waals surface area contributed by atoms with E-state index in [2.05, 4.69) is 21.2 Å². The summed E-state index contributed by atoms with van der Waals surface area (Å²) in [6.07, 6.45) is 0.